The van der Waals surface area contributed by atoms with Gasteiger partial charge in [0.15, 0.2) is 10.8 Å². The average molecular weight is 572 g/mol. The highest BCUT2D eigenvalue weighted by molar-refractivity contribution is 7.09. The Morgan fingerprint density at radius 3 is 2.48 bits per heavy atom. The standard InChI is InChI=1S/C27H25F4N7OS/c1-5-18-13-37(24-22-20(36(4)26(39)35-24)10-11-21(32-3)34-22)15(2)12-38(18)23(16-6-8-17(28)9-7-16)19-14-40-25(33-19)27(29,30)31/h6-11,14-15,18,23H,5,12-13H2,1-2,4H3/t15-,18+,23?/m0/s1. The van der Waals surface area contributed by atoms with Gasteiger partial charge in [0.1, 0.15) is 5.82 Å². The summed E-state index contributed by atoms with van der Waals surface area (Å²) in [6, 6.07) is 7.86. The maximum atomic E-state index is 13.8. The van der Waals surface area contributed by atoms with Crippen molar-refractivity contribution in [3.63, 3.8) is 0 Å². The molecule has 0 amide bonds. The molecule has 3 atom stereocenters. The minimum atomic E-state index is -4.57. The van der Waals surface area contributed by atoms with E-state index in [1.54, 1.807) is 31.3 Å². The lowest BCUT2D eigenvalue weighted by molar-refractivity contribution is -0.137. The number of alkyl halides is 3. The zero-order valence-electron chi connectivity index (χ0n) is 21.9. The Morgan fingerprint density at radius 1 is 1.12 bits per heavy atom. The summed E-state index contributed by atoms with van der Waals surface area (Å²) in [7, 11) is 1.59. The number of aromatic nitrogens is 4. The molecule has 1 aliphatic rings. The third kappa shape index (κ3) is 5.04. The second-order valence-corrected chi connectivity index (χ2v) is 10.6. The van der Waals surface area contributed by atoms with Crippen LogP contribution in [0.1, 0.15) is 42.6 Å². The van der Waals surface area contributed by atoms with Crippen LogP contribution in [0.3, 0.4) is 0 Å². The molecular formula is C27H25F4N7OS. The number of hydrogen-bond acceptors (Lipinski definition) is 7. The van der Waals surface area contributed by atoms with Crippen molar-refractivity contribution in [3.05, 3.63) is 85.8 Å². The first-order valence-electron chi connectivity index (χ1n) is 12.6. The average Bonchev–Trinajstić information content (AvgIpc) is 3.42. The van der Waals surface area contributed by atoms with Gasteiger partial charge in [0, 0.05) is 37.6 Å². The first kappa shape index (κ1) is 27.7. The molecule has 1 saturated heterocycles. The van der Waals surface area contributed by atoms with Gasteiger partial charge in [-0.05, 0) is 43.2 Å². The normalized spacial score (nSPS) is 19.1. The van der Waals surface area contributed by atoms with E-state index in [0.29, 0.717) is 53.3 Å². The zero-order valence-corrected chi connectivity index (χ0v) is 22.7. The Labute approximate surface area is 231 Å². The molecule has 40 heavy (non-hydrogen) atoms. The third-order valence-corrected chi connectivity index (χ3v) is 8.13. The lowest BCUT2D eigenvalue weighted by Crippen LogP contribution is -2.58. The lowest BCUT2D eigenvalue weighted by atomic mass is 9.96. The number of rotatable bonds is 5. The second kappa shape index (κ2) is 10.6. The molecule has 1 fully saturated rings. The van der Waals surface area contributed by atoms with E-state index in [1.807, 2.05) is 18.7 Å². The quantitative estimate of drug-likeness (QED) is 0.230. The molecule has 0 spiro atoms. The molecule has 8 nitrogen and oxygen atoms in total. The van der Waals surface area contributed by atoms with Gasteiger partial charge in [0.05, 0.1) is 17.3 Å². The van der Waals surface area contributed by atoms with E-state index >= 15 is 0 Å². The van der Waals surface area contributed by atoms with Crippen molar-refractivity contribution < 1.29 is 17.6 Å². The fourth-order valence-electron chi connectivity index (χ4n) is 5.22. The highest BCUT2D eigenvalue weighted by atomic mass is 32.1. The minimum Gasteiger partial charge on any atom is -0.361 e. The van der Waals surface area contributed by atoms with Gasteiger partial charge >= 0.3 is 11.9 Å². The maximum absolute atomic E-state index is 13.8. The number of piperazine rings is 1. The number of halogens is 4. The molecule has 13 heteroatoms. The van der Waals surface area contributed by atoms with Gasteiger partial charge in [0.25, 0.3) is 5.82 Å². The first-order chi connectivity index (χ1) is 19.0. The van der Waals surface area contributed by atoms with E-state index in [4.69, 9.17) is 6.57 Å². The summed E-state index contributed by atoms with van der Waals surface area (Å²) in [6.45, 7) is 12.1. The highest BCUT2D eigenvalue weighted by Gasteiger charge is 2.41. The van der Waals surface area contributed by atoms with Crippen LogP contribution in [0.5, 0.6) is 0 Å². The molecule has 0 radical (unpaired) electrons. The van der Waals surface area contributed by atoms with E-state index < -0.39 is 28.7 Å². The van der Waals surface area contributed by atoms with Crippen molar-refractivity contribution >= 4 is 34.0 Å². The first-order valence-corrected chi connectivity index (χ1v) is 13.5. The molecule has 1 aliphatic heterocycles. The maximum Gasteiger partial charge on any atom is 0.443 e. The number of benzene rings is 1. The topological polar surface area (TPSA) is 71.5 Å². The molecule has 5 rings (SSSR count). The molecule has 208 valence electrons. The summed E-state index contributed by atoms with van der Waals surface area (Å²) in [4.78, 5) is 33.0. The number of hydrogen-bond donors (Lipinski definition) is 0. The molecule has 4 heterocycles. The summed E-state index contributed by atoms with van der Waals surface area (Å²) in [5.41, 5.74) is 1.36. The Morgan fingerprint density at radius 2 is 1.85 bits per heavy atom. The van der Waals surface area contributed by atoms with Crippen molar-refractivity contribution in [1.82, 2.24) is 24.4 Å². The Balaban J connectivity index is 1.58. The second-order valence-electron chi connectivity index (χ2n) is 9.72. The monoisotopic (exact) mass is 571 g/mol. The van der Waals surface area contributed by atoms with E-state index in [2.05, 4.69) is 24.7 Å². The molecule has 4 aromatic rings. The molecule has 1 aromatic carbocycles. The summed E-state index contributed by atoms with van der Waals surface area (Å²) < 4.78 is 55.6. The van der Waals surface area contributed by atoms with Gasteiger partial charge in [-0.2, -0.15) is 18.2 Å². The van der Waals surface area contributed by atoms with Crippen molar-refractivity contribution in [2.75, 3.05) is 18.0 Å². The van der Waals surface area contributed by atoms with Crippen LogP contribution in [-0.2, 0) is 13.2 Å². The van der Waals surface area contributed by atoms with Gasteiger partial charge in [-0.1, -0.05) is 25.6 Å². The van der Waals surface area contributed by atoms with Gasteiger partial charge in [-0.25, -0.2) is 14.2 Å². The SMILES string of the molecule is [C-]#[N+]c1ccc2c(n1)c(N1C[C@@H](CC)N(C(c3ccc(F)cc3)c3csc(C(F)(F)F)n3)C[C@@H]1C)nc(=O)n2C. The third-order valence-electron chi connectivity index (χ3n) is 7.22. The fraction of sp³-hybridized carbons (Fsp3) is 0.370. The van der Waals surface area contributed by atoms with Crippen molar-refractivity contribution in [2.45, 2.75) is 44.6 Å². The van der Waals surface area contributed by atoms with E-state index in [1.165, 1.54) is 22.1 Å². The molecule has 0 bridgehead atoms. The lowest BCUT2D eigenvalue weighted by Gasteiger charge is -2.48. The number of thiazole rings is 1. The molecule has 0 saturated carbocycles. The van der Waals surface area contributed by atoms with Crippen LogP contribution in [0.25, 0.3) is 15.9 Å². The van der Waals surface area contributed by atoms with E-state index in [-0.39, 0.29) is 23.6 Å². The van der Waals surface area contributed by atoms with E-state index in [0.717, 1.165) is 0 Å². The Bertz CT molecular complexity index is 1640. The summed E-state index contributed by atoms with van der Waals surface area (Å²) in [6.07, 6.45) is -3.95. The van der Waals surface area contributed by atoms with Crippen LogP contribution < -0.4 is 10.6 Å². The number of nitrogens with zero attached hydrogens (tertiary/aromatic N) is 7. The van der Waals surface area contributed by atoms with Gasteiger partial charge in [-0.15, -0.1) is 16.3 Å². The minimum absolute atomic E-state index is 0.174. The fourth-order valence-corrected chi connectivity index (χ4v) is 5.93. The number of aryl methyl sites for hydroxylation is 1. The largest absolute Gasteiger partial charge is 0.443 e. The Kier molecular flexibility index (Phi) is 7.32. The molecular weight excluding hydrogens is 546 g/mol. The van der Waals surface area contributed by atoms with Gasteiger partial charge in [-0.3, -0.25) is 9.47 Å². The van der Waals surface area contributed by atoms with Crippen molar-refractivity contribution in [3.8, 4) is 0 Å². The van der Waals surface area contributed by atoms with Gasteiger partial charge < -0.3 is 9.74 Å². The zero-order chi connectivity index (χ0) is 28.8. The smallest absolute Gasteiger partial charge is 0.361 e. The van der Waals surface area contributed by atoms with Crippen LogP contribution in [0.4, 0.5) is 29.2 Å². The predicted molar refractivity (Wildman–Crippen MR) is 144 cm³/mol. The summed E-state index contributed by atoms with van der Waals surface area (Å²) >= 11 is 0.535. The van der Waals surface area contributed by atoms with Crippen LogP contribution in [0.15, 0.2) is 46.6 Å². The number of pyridine rings is 1. The van der Waals surface area contributed by atoms with Crippen molar-refractivity contribution in [1.29, 1.82) is 0 Å². The molecule has 3 aromatic heterocycles. The highest BCUT2D eigenvalue weighted by Crippen LogP contribution is 2.39. The summed E-state index contributed by atoms with van der Waals surface area (Å²) in [5.74, 6) is 0.0883. The molecule has 0 aliphatic carbocycles. The van der Waals surface area contributed by atoms with Crippen LogP contribution in [0.2, 0.25) is 0 Å². The number of fused-ring (bicyclic) bond motifs is 1. The van der Waals surface area contributed by atoms with Crippen molar-refractivity contribution in [2.24, 2.45) is 7.05 Å². The molecule has 0 N–H and O–H groups in total. The van der Waals surface area contributed by atoms with E-state index in [9.17, 15) is 22.4 Å². The predicted octanol–water partition coefficient (Wildman–Crippen LogP) is 5.57. The summed E-state index contributed by atoms with van der Waals surface area (Å²) in [5, 5.41) is 0.471. The Hall–Kier alpha value is -3.89. The van der Waals surface area contributed by atoms with Crippen LogP contribution in [0, 0.1) is 12.4 Å². The molecule has 1 unspecified atom stereocenters. The van der Waals surface area contributed by atoms with Crippen LogP contribution in [-0.4, -0.2) is 49.6 Å². The van der Waals surface area contributed by atoms with Crippen LogP contribution >= 0.6 is 11.3 Å². The van der Waals surface area contributed by atoms with Gasteiger partial charge in [0.2, 0.25) is 5.52 Å². The number of anilines is 1.